The van der Waals surface area contributed by atoms with Crippen LogP contribution in [-0.4, -0.2) is 48.3 Å². The Labute approximate surface area is 120 Å². The first-order valence-corrected chi connectivity index (χ1v) is 6.46. The largest absolute Gasteiger partial charge is 0.481 e. The highest BCUT2D eigenvalue weighted by atomic mass is 16.5. The zero-order valence-corrected chi connectivity index (χ0v) is 11.5. The molecule has 2 aliphatic carbocycles. The molecule has 2 N–H and O–H groups in total. The van der Waals surface area contributed by atoms with Crippen molar-refractivity contribution >= 4 is 23.9 Å². The van der Waals surface area contributed by atoms with Crippen LogP contribution in [0.25, 0.3) is 0 Å². The maximum absolute atomic E-state index is 11.8. The van der Waals surface area contributed by atoms with Gasteiger partial charge >= 0.3 is 23.9 Å². The number of hydrogen-bond acceptors (Lipinski definition) is 6. The smallest absolute Gasteiger partial charge is 0.309 e. The van der Waals surface area contributed by atoms with Crippen LogP contribution >= 0.6 is 0 Å². The molecule has 6 atom stereocenters. The van der Waals surface area contributed by atoms with Crippen LogP contribution in [0.2, 0.25) is 0 Å². The third-order valence-corrected chi connectivity index (χ3v) is 4.68. The fraction of sp³-hybridized carbons (Fsp3) is 0.692. The second-order valence-corrected chi connectivity index (χ2v) is 5.39. The van der Waals surface area contributed by atoms with E-state index in [0.29, 0.717) is 0 Å². The molecule has 0 radical (unpaired) electrons. The summed E-state index contributed by atoms with van der Waals surface area (Å²) in [5, 5.41) is 18.7. The van der Waals surface area contributed by atoms with E-state index in [0.717, 1.165) is 14.2 Å². The van der Waals surface area contributed by atoms with Gasteiger partial charge in [0.15, 0.2) is 0 Å². The molecule has 2 rings (SSSR count). The van der Waals surface area contributed by atoms with Gasteiger partial charge in [0.05, 0.1) is 37.9 Å². The average molecular weight is 300 g/mol. The Balaban J connectivity index is 2.44. The zero-order valence-electron chi connectivity index (χ0n) is 11.5. The molecule has 0 aliphatic heterocycles. The maximum atomic E-state index is 11.8. The fourth-order valence-electron chi connectivity index (χ4n) is 4.00. The number of carbonyl (C=O) groups excluding carboxylic acids is 2. The molecule has 2 bridgehead atoms. The molecule has 0 aromatic rings. The number of hydrogen-bond donors (Lipinski definition) is 2. The molecule has 0 aromatic heterocycles. The molecule has 116 valence electrons. The van der Waals surface area contributed by atoms with E-state index in [1.165, 1.54) is 0 Å². The highest BCUT2D eigenvalue weighted by Gasteiger charge is 2.67. The van der Waals surface area contributed by atoms with Gasteiger partial charge in [-0.2, -0.15) is 0 Å². The van der Waals surface area contributed by atoms with Crippen LogP contribution in [-0.2, 0) is 28.7 Å². The van der Waals surface area contributed by atoms with Crippen molar-refractivity contribution in [2.24, 2.45) is 35.5 Å². The van der Waals surface area contributed by atoms with Crippen LogP contribution in [0.15, 0.2) is 0 Å². The standard InChI is InChI=1S/C13H16O8/c1-20-12(18)8-4-3-5(6(8)10(14)15)9(13(19)21-2)7(4)11(16)17/h4-9H,3H2,1-2H3,(H,14,15)(H,16,17). The van der Waals surface area contributed by atoms with Gasteiger partial charge in [-0.05, 0) is 18.3 Å². The summed E-state index contributed by atoms with van der Waals surface area (Å²) in [5.41, 5.74) is 0. The molecule has 0 spiro atoms. The van der Waals surface area contributed by atoms with E-state index in [1.807, 2.05) is 0 Å². The number of carbonyl (C=O) groups is 4. The summed E-state index contributed by atoms with van der Waals surface area (Å²) in [6, 6.07) is 0. The lowest BCUT2D eigenvalue weighted by molar-refractivity contribution is -0.171. The van der Waals surface area contributed by atoms with Gasteiger partial charge in [0.2, 0.25) is 0 Å². The van der Waals surface area contributed by atoms with Crippen LogP contribution in [0.1, 0.15) is 6.42 Å². The van der Waals surface area contributed by atoms with Crippen molar-refractivity contribution in [1.82, 2.24) is 0 Å². The number of rotatable bonds is 4. The Morgan fingerprint density at radius 1 is 0.762 bits per heavy atom. The minimum atomic E-state index is -1.23. The first kappa shape index (κ1) is 15.3. The van der Waals surface area contributed by atoms with Gasteiger partial charge < -0.3 is 19.7 Å². The second-order valence-electron chi connectivity index (χ2n) is 5.39. The molecule has 0 amide bonds. The normalized spacial score (nSPS) is 37.0. The van der Waals surface area contributed by atoms with E-state index in [9.17, 15) is 29.4 Å². The highest BCUT2D eigenvalue weighted by Crippen LogP contribution is 2.59. The molecule has 0 aromatic carbocycles. The summed E-state index contributed by atoms with van der Waals surface area (Å²) in [6.07, 6.45) is 0.188. The molecule has 0 saturated heterocycles. The number of aliphatic carboxylic acids is 2. The van der Waals surface area contributed by atoms with Crippen molar-refractivity contribution in [2.45, 2.75) is 6.42 Å². The number of fused-ring (bicyclic) bond motifs is 2. The van der Waals surface area contributed by atoms with Gasteiger partial charge in [0, 0.05) is 0 Å². The fourth-order valence-corrected chi connectivity index (χ4v) is 4.00. The van der Waals surface area contributed by atoms with E-state index >= 15 is 0 Å². The van der Waals surface area contributed by atoms with Gasteiger partial charge in [-0.1, -0.05) is 0 Å². The lowest BCUT2D eigenvalue weighted by atomic mass is 9.68. The molecular formula is C13H16O8. The molecule has 21 heavy (non-hydrogen) atoms. The monoisotopic (exact) mass is 300 g/mol. The molecule has 2 saturated carbocycles. The number of carboxylic acid groups (broad SMARTS) is 2. The minimum absolute atomic E-state index is 0.188. The Morgan fingerprint density at radius 2 is 1.10 bits per heavy atom. The summed E-state index contributed by atoms with van der Waals surface area (Å²) in [4.78, 5) is 46.6. The van der Waals surface area contributed by atoms with Crippen molar-refractivity contribution < 1.29 is 38.9 Å². The van der Waals surface area contributed by atoms with Gasteiger partial charge in [-0.3, -0.25) is 19.2 Å². The second kappa shape index (κ2) is 5.34. The topological polar surface area (TPSA) is 127 Å². The summed E-state index contributed by atoms with van der Waals surface area (Å²) < 4.78 is 9.21. The quantitative estimate of drug-likeness (QED) is 0.672. The van der Waals surface area contributed by atoms with Crippen LogP contribution < -0.4 is 0 Å². The Morgan fingerprint density at radius 3 is 1.33 bits per heavy atom. The van der Waals surface area contributed by atoms with Gasteiger partial charge in [-0.15, -0.1) is 0 Å². The summed E-state index contributed by atoms with van der Waals surface area (Å²) in [6.45, 7) is 0. The van der Waals surface area contributed by atoms with Crippen molar-refractivity contribution in [2.75, 3.05) is 14.2 Å². The third kappa shape index (κ3) is 2.14. The average Bonchev–Trinajstić information content (AvgIpc) is 3.00. The van der Waals surface area contributed by atoms with Crippen LogP contribution in [0.5, 0.6) is 0 Å². The van der Waals surface area contributed by atoms with E-state index in [1.54, 1.807) is 0 Å². The van der Waals surface area contributed by atoms with Crippen molar-refractivity contribution in [3.05, 3.63) is 0 Å². The number of ether oxygens (including phenoxy) is 2. The lowest BCUT2D eigenvalue weighted by Crippen LogP contribution is -2.47. The third-order valence-electron chi connectivity index (χ3n) is 4.68. The zero-order chi connectivity index (χ0) is 15.9. The summed E-state index contributed by atoms with van der Waals surface area (Å²) >= 11 is 0. The van der Waals surface area contributed by atoms with E-state index in [-0.39, 0.29) is 6.42 Å². The first-order valence-electron chi connectivity index (χ1n) is 6.46. The highest BCUT2D eigenvalue weighted by molar-refractivity contribution is 5.89. The van der Waals surface area contributed by atoms with Crippen LogP contribution in [0.4, 0.5) is 0 Å². The molecule has 6 unspecified atom stereocenters. The summed E-state index contributed by atoms with van der Waals surface area (Å²) in [5.74, 6) is -9.74. The van der Waals surface area contributed by atoms with E-state index in [4.69, 9.17) is 0 Å². The van der Waals surface area contributed by atoms with Gasteiger partial charge in [-0.25, -0.2) is 0 Å². The number of carboxylic acids is 2. The van der Waals surface area contributed by atoms with Crippen molar-refractivity contribution in [3.8, 4) is 0 Å². The number of methoxy groups -OCH3 is 2. The predicted octanol–water partition coefficient (Wildman–Crippen LogP) is -0.384. The Bertz CT molecular complexity index is 454. The Kier molecular flexibility index (Phi) is 3.89. The molecule has 8 heteroatoms. The predicted molar refractivity (Wildman–Crippen MR) is 64.9 cm³/mol. The molecule has 2 fully saturated rings. The maximum Gasteiger partial charge on any atom is 0.309 e. The van der Waals surface area contributed by atoms with Gasteiger partial charge in [0.25, 0.3) is 0 Å². The first-order chi connectivity index (χ1) is 9.84. The molecular weight excluding hydrogens is 284 g/mol. The van der Waals surface area contributed by atoms with E-state index < -0.39 is 59.4 Å². The number of esters is 2. The van der Waals surface area contributed by atoms with Gasteiger partial charge in [0.1, 0.15) is 0 Å². The lowest BCUT2D eigenvalue weighted by Gasteiger charge is -2.34. The molecule has 0 heterocycles. The van der Waals surface area contributed by atoms with Crippen molar-refractivity contribution in [1.29, 1.82) is 0 Å². The Hall–Kier alpha value is -2.12. The summed E-state index contributed by atoms with van der Waals surface area (Å²) in [7, 11) is 2.25. The van der Waals surface area contributed by atoms with Crippen LogP contribution in [0, 0.1) is 35.5 Å². The van der Waals surface area contributed by atoms with Crippen molar-refractivity contribution in [3.63, 3.8) is 0 Å². The van der Waals surface area contributed by atoms with Crippen LogP contribution in [0.3, 0.4) is 0 Å². The minimum Gasteiger partial charge on any atom is -0.481 e. The SMILES string of the molecule is COC(=O)C1C2CC(C1C(=O)O)C(C(=O)OC)C2C(=O)O. The van der Waals surface area contributed by atoms with E-state index in [2.05, 4.69) is 9.47 Å². The molecule has 8 nitrogen and oxygen atoms in total. The molecule has 2 aliphatic rings.